The fraction of sp³-hybridized carbons (Fsp3) is 0.727. The van der Waals surface area contributed by atoms with E-state index in [0.29, 0.717) is 5.06 Å². The molecule has 17 heavy (non-hydrogen) atoms. The van der Waals surface area contributed by atoms with Crippen molar-refractivity contribution in [3.05, 3.63) is 0 Å². The van der Waals surface area contributed by atoms with Crippen LogP contribution in [0.25, 0.3) is 0 Å². The van der Waals surface area contributed by atoms with Gasteiger partial charge in [0, 0.05) is 12.8 Å². The molecule has 1 saturated heterocycles. The number of hydrogen-bond acceptors (Lipinski definition) is 5. The molecule has 0 aromatic rings. The first-order chi connectivity index (χ1) is 7.79. The average Bonchev–Trinajstić information content (AvgIpc) is 2.47. The van der Waals surface area contributed by atoms with Crippen LogP contribution in [0.5, 0.6) is 0 Å². The van der Waals surface area contributed by atoms with Crippen molar-refractivity contribution in [1.82, 2.24) is 5.06 Å². The van der Waals surface area contributed by atoms with Crippen LogP contribution in [-0.2, 0) is 24.0 Å². The molecule has 6 heteroatoms. The van der Waals surface area contributed by atoms with Gasteiger partial charge in [-0.05, 0) is 20.8 Å². The number of imide groups is 1. The second-order valence-electron chi connectivity index (χ2n) is 4.76. The third-order valence-electron chi connectivity index (χ3n) is 2.04. The standard InChI is InChI=1S/C11H17NO5/c1-11(2,3)16-7-6-10(15)17-12-8(13)4-5-9(12)14/h4-7H2,1-3H3. The fourth-order valence-electron chi connectivity index (χ4n) is 1.25. The molecule has 1 heterocycles. The van der Waals surface area contributed by atoms with Gasteiger partial charge < -0.3 is 9.57 Å². The van der Waals surface area contributed by atoms with Crippen LogP contribution in [0.1, 0.15) is 40.0 Å². The van der Waals surface area contributed by atoms with E-state index in [9.17, 15) is 14.4 Å². The van der Waals surface area contributed by atoms with Crippen LogP contribution in [0.2, 0.25) is 0 Å². The van der Waals surface area contributed by atoms with Crippen molar-refractivity contribution in [2.75, 3.05) is 6.61 Å². The Bertz CT molecular complexity index is 315. The van der Waals surface area contributed by atoms with Crippen molar-refractivity contribution in [2.24, 2.45) is 0 Å². The highest BCUT2D eigenvalue weighted by molar-refractivity contribution is 6.01. The number of hydroxylamine groups is 2. The summed E-state index contributed by atoms with van der Waals surface area (Å²) in [6.45, 7) is 5.79. The van der Waals surface area contributed by atoms with Crippen molar-refractivity contribution in [3.8, 4) is 0 Å². The van der Waals surface area contributed by atoms with E-state index in [-0.39, 0.29) is 31.5 Å². The van der Waals surface area contributed by atoms with Gasteiger partial charge in [0.1, 0.15) is 0 Å². The van der Waals surface area contributed by atoms with E-state index in [1.807, 2.05) is 20.8 Å². The number of nitrogens with zero attached hydrogens (tertiary/aromatic N) is 1. The van der Waals surface area contributed by atoms with E-state index in [1.165, 1.54) is 0 Å². The van der Waals surface area contributed by atoms with Crippen LogP contribution >= 0.6 is 0 Å². The van der Waals surface area contributed by atoms with Gasteiger partial charge in [-0.25, -0.2) is 4.79 Å². The van der Waals surface area contributed by atoms with Crippen LogP contribution in [0.3, 0.4) is 0 Å². The van der Waals surface area contributed by atoms with Gasteiger partial charge in [0.05, 0.1) is 18.6 Å². The molecule has 0 unspecified atom stereocenters. The van der Waals surface area contributed by atoms with Crippen LogP contribution in [0, 0.1) is 0 Å². The van der Waals surface area contributed by atoms with E-state index in [0.717, 1.165) is 0 Å². The highest BCUT2D eigenvalue weighted by Crippen LogP contribution is 2.13. The zero-order chi connectivity index (χ0) is 13.1. The van der Waals surface area contributed by atoms with Crippen LogP contribution in [0.4, 0.5) is 0 Å². The van der Waals surface area contributed by atoms with Crippen LogP contribution in [-0.4, -0.2) is 35.1 Å². The lowest BCUT2D eigenvalue weighted by molar-refractivity contribution is -0.198. The van der Waals surface area contributed by atoms with Crippen molar-refractivity contribution < 1.29 is 24.0 Å². The van der Waals surface area contributed by atoms with Crippen molar-refractivity contribution in [3.63, 3.8) is 0 Å². The van der Waals surface area contributed by atoms with Gasteiger partial charge in [-0.15, -0.1) is 5.06 Å². The van der Waals surface area contributed by atoms with Gasteiger partial charge in [0.2, 0.25) is 0 Å². The van der Waals surface area contributed by atoms with Gasteiger partial charge in [0.25, 0.3) is 11.8 Å². The summed E-state index contributed by atoms with van der Waals surface area (Å²) < 4.78 is 5.33. The third-order valence-corrected chi connectivity index (χ3v) is 2.04. The normalized spacial score (nSPS) is 16.5. The molecule has 1 aliphatic heterocycles. The molecule has 0 aliphatic carbocycles. The van der Waals surface area contributed by atoms with Crippen LogP contribution < -0.4 is 0 Å². The molecule has 0 spiro atoms. The molecule has 0 aromatic carbocycles. The zero-order valence-corrected chi connectivity index (χ0v) is 10.3. The largest absolute Gasteiger partial charge is 0.375 e. The summed E-state index contributed by atoms with van der Waals surface area (Å²) in [6, 6.07) is 0. The molecular formula is C11H17NO5. The summed E-state index contributed by atoms with van der Waals surface area (Å²) in [5.41, 5.74) is -0.334. The number of hydrogen-bond donors (Lipinski definition) is 0. The predicted molar refractivity (Wildman–Crippen MR) is 57.5 cm³/mol. The van der Waals surface area contributed by atoms with Gasteiger partial charge in [-0.3, -0.25) is 9.59 Å². The maximum absolute atomic E-state index is 11.3. The topological polar surface area (TPSA) is 72.9 Å². The fourth-order valence-corrected chi connectivity index (χ4v) is 1.25. The summed E-state index contributed by atoms with van der Waals surface area (Å²) in [7, 11) is 0. The first kappa shape index (κ1) is 13.6. The molecular weight excluding hydrogens is 226 g/mol. The Hall–Kier alpha value is -1.43. The van der Waals surface area contributed by atoms with E-state index >= 15 is 0 Å². The quantitative estimate of drug-likeness (QED) is 0.683. The molecule has 0 radical (unpaired) electrons. The highest BCUT2D eigenvalue weighted by Gasteiger charge is 2.32. The molecule has 1 aliphatic rings. The Morgan fingerprint density at radius 3 is 2.24 bits per heavy atom. The first-order valence-corrected chi connectivity index (χ1v) is 5.50. The maximum Gasteiger partial charge on any atom is 0.335 e. The van der Waals surface area contributed by atoms with Gasteiger partial charge in [0.15, 0.2) is 0 Å². The SMILES string of the molecule is CC(C)(C)OCCC(=O)ON1C(=O)CCC1=O. The Labute approximate surface area is 99.8 Å². The third kappa shape index (κ3) is 4.52. The van der Waals surface area contributed by atoms with E-state index in [4.69, 9.17) is 4.74 Å². The minimum absolute atomic E-state index is 0.00826. The van der Waals surface area contributed by atoms with Crippen molar-refractivity contribution in [1.29, 1.82) is 0 Å². The van der Waals surface area contributed by atoms with E-state index in [2.05, 4.69) is 4.84 Å². The molecule has 96 valence electrons. The molecule has 6 nitrogen and oxygen atoms in total. The Balaban J connectivity index is 2.30. The summed E-state index contributed by atoms with van der Waals surface area (Å²) in [5.74, 6) is -1.59. The van der Waals surface area contributed by atoms with Crippen molar-refractivity contribution >= 4 is 17.8 Å². The Kier molecular flexibility index (Phi) is 4.22. The maximum atomic E-state index is 11.3. The smallest absolute Gasteiger partial charge is 0.335 e. The summed E-state index contributed by atoms with van der Waals surface area (Å²) >= 11 is 0. The lowest BCUT2D eigenvalue weighted by Crippen LogP contribution is -2.32. The molecule has 1 fully saturated rings. The van der Waals surface area contributed by atoms with Crippen LogP contribution in [0.15, 0.2) is 0 Å². The lowest BCUT2D eigenvalue weighted by atomic mass is 10.2. The predicted octanol–water partition coefficient (Wildman–Crippen LogP) is 0.799. The lowest BCUT2D eigenvalue weighted by Gasteiger charge is -2.19. The summed E-state index contributed by atoms with van der Waals surface area (Å²) in [4.78, 5) is 38.3. The molecule has 0 saturated carbocycles. The Morgan fingerprint density at radius 2 is 1.76 bits per heavy atom. The van der Waals surface area contributed by atoms with Crippen molar-refractivity contribution in [2.45, 2.75) is 45.6 Å². The number of carbonyl (C=O) groups is 3. The molecule has 0 N–H and O–H groups in total. The van der Waals surface area contributed by atoms with Gasteiger partial charge in [-0.1, -0.05) is 0 Å². The highest BCUT2D eigenvalue weighted by atomic mass is 16.7. The molecule has 0 aromatic heterocycles. The van der Waals surface area contributed by atoms with E-state index in [1.54, 1.807) is 0 Å². The number of rotatable bonds is 4. The summed E-state index contributed by atoms with van der Waals surface area (Å²) in [5, 5.41) is 0.541. The number of carbonyl (C=O) groups excluding carboxylic acids is 3. The monoisotopic (exact) mass is 243 g/mol. The number of amides is 2. The van der Waals surface area contributed by atoms with Gasteiger partial charge >= 0.3 is 5.97 Å². The molecule has 0 bridgehead atoms. The Morgan fingerprint density at radius 1 is 1.24 bits per heavy atom. The summed E-state index contributed by atoms with van der Waals surface area (Å²) in [6.07, 6.45) is 0.212. The van der Waals surface area contributed by atoms with Gasteiger partial charge in [-0.2, -0.15) is 0 Å². The minimum atomic E-state index is -0.641. The second kappa shape index (κ2) is 5.27. The molecule has 2 amide bonds. The zero-order valence-electron chi connectivity index (χ0n) is 10.3. The number of ether oxygens (including phenoxy) is 1. The minimum Gasteiger partial charge on any atom is -0.375 e. The second-order valence-corrected chi connectivity index (χ2v) is 4.76. The average molecular weight is 243 g/mol. The molecule has 0 atom stereocenters. The first-order valence-electron chi connectivity index (χ1n) is 5.50. The molecule has 1 rings (SSSR count). The van der Waals surface area contributed by atoms with E-state index < -0.39 is 17.8 Å².